The highest BCUT2D eigenvalue weighted by molar-refractivity contribution is 7.90. The number of hydrogen-bond donors (Lipinski definition) is 2. The molecule has 0 aliphatic heterocycles. The second kappa shape index (κ2) is 4.59. The van der Waals surface area contributed by atoms with Crippen molar-refractivity contribution in [1.29, 1.82) is 5.26 Å². The summed E-state index contributed by atoms with van der Waals surface area (Å²) < 4.78 is 24.7. The third kappa shape index (κ3) is 3.85. The molecular formula is C8H14N2O4S. The van der Waals surface area contributed by atoms with Crippen LogP contribution in [0.25, 0.3) is 0 Å². The van der Waals surface area contributed by atoms with E-state index in [4.69, 9.17) is 10.4 Å². The van der Waals surface area contributed by atoms with Crippen molar-refractivity contribution in [3.8, 4) is 6.07 Å². The Morgan fingerprint density at radius 2 is 2.07 bits per heavy atom. The van der Waals surface area contributed by atoms with Gasteiger partial charge in [-0.3, -0.25) is 4.79 Å². The Morgan fingerprint density at radius 1 is 1.60 bits per heavy atom. The van der Waals surface area contributed by atoms with Crippen LogP contribution >= 0.6 is 0 Å². The Bertz CT molecular complexity index is 380. The quantitative estimate of drug-likeness (QED) is 0.692. The van der Waals surface area contributed by atoms with E-state index in [0.29, 0.717) is 0 Å². The first-order chi connectivity index (χ1) is 6.63. The van der Waals surface area contributed by atoms with Gasteiger partial charge < -0.3 is 5.11 Å². The largest absolute Gasteiger partial charge is 0.481 e. The Labute approximate surface area is 89.0 Å². The summed E-state index contributed by atoms with van der Waals surface area (Å²) in [5.74, 6) is -1.10. The summed E-state index contributed by atoms with van der Waals surface area (Å²) >= 11 is 0. The highest BCUT2D eigenvalue weighted by Crippen LogP contribution is 2.14. The molecule has 86 valence electrons. The number of sulfonamides is 1. The molecule has 0 fully saturated rings. The van der Waals surface area contributed by atoms with Crippen molar-refractivity contribution in [3.05, 3.63) is 0 Å². The minimum Gasteiger partial charge on any atom is -0.481 e. The summed E-state index contributed by atoms with van der Waals surface area (Å²) in [5, 5.41) is 16.0. The lowest BCUT2D eigenvalue weighted by atomic mass is 9.95. The van der Waals surface area contributed by atoms with Crippen LogP contribution in [0.15, 0.2) is 0 Å². The zero-order chi connectivity index (χ0) is 12.3. The monoisotopic (exact) mass is 234 g/mol. The molecule has 0 amide bonds. The Kier molecular flexibility index (Phi) is 4.25. The SMILES string of the molecule is CC(C#N)S(=O)(=O)NCC(C)(C)C(=O)O. The molecule has 0 aromatic rings. The van der Waals surface area contributed by atoms with E-state index < -0.39 is 26.7 Å². The Balaban J connectivity index is 4.56. The summed E-state index contributed by atoms with van der Waals surface area (Å²) in [5.41, 5.74) is -1.19. The second-order valence-electron chi connectivity index (χ2n) is 3.83. The molecule has 1 atom stereocenters. The molecule has 1 unspecified atom stereocenters. The van der Waals surface area contributed by atoms with Crippen molar-refractivity contribution >= 4 is 16.0 Å². The minimum atomic E-state index is -3.75. The van der Waals surface area contributed by atoms with Gasteiger partial charge in [-0.25, -0.2) is 13.1 Å². The molecule has 0 aromatic carbocycles. The molecule has 0 saturated heterocycles. The molecule has 15 heavy (non-hydrogen) atoms. The first kappa shape index (κ1) is 13.9. The van der Waals surface area contributed by atoms with E-state index in [1.165, 1.54) is 20.8 Å². The van der Waals surface area contributed by atoms with E-state index in [0.717, 1.165) is 0 Å². The number of carboxylic acid groups (broad SMARTS) is 1. The third-order valence-electron chi connectivity index (χ3n) is 1.94. The van der Waals surface area contributed by atoms with Gasteiger partial charge in [0.2, 0.25) is 10.0 Å². The van der Waals surface area contributed by atoms with Crippen molar-refractivity contribution in [2.45, 2.75) is 26.0 Å². The molecule has 0 saturated carbocycles. The fourth-order valence-corrected chi connectivity index (χ4v) is 1.50. The van der Waals surface area contributed by atoms with Crippen LogP contribution in [-0.2, 0) is 14.8 Å². The summed E-state index contributed by atoms with van der Waals surface area (Å²) in [7, 11) is -3.75. The van der Waals surface area contributed by atoms with Gasteiger partial charge in [0.15, 0.2) is 5.25 Å². The number of hydrogen-bond acceptors (Lipinski definition) is 4. The summed E-state index contributed by atoms with van der Waals surface area (Å²) in [6.45, 7) is 3.79. The van der Waals surface area contributed by atoms with Crippen LogP contribution < -0.4 is 4.72 Å². The second-order valence-corrected chi connectivity index (χ2v) is 5.91. The molecule has 0 rings (SSSR count). The maximum atomic E-state index is 11.3. The molecule has 0 bridgehead atoms. The summed E-state index contributed by atoms with van der Waals surface area (Å²) in [4.78, 5) is 10.7. The van der Waals surface area contributed by atoms with Crippen molar-refractivity contribution in [1.82, 2.24) is 4.72 Å². The van der Waals surface area contributed by atoms with Crippen LogP contribution in [0.3, 0.4) is 0 Å². The predicted molar refractivity (Wildman–Crippen MR) is 53.4 cm³/mol. The molecule has 0 aromatic heterocycles. The lowest BCUT2D eigenvalue weighted by molar-refractivity contribution is -0.146. The highest BCUT2D eigenvalue weighted by Gasteiger charge is 2.30. The fourth-order valence-electron chi connectivity index (χ4n) is 0.551. The topological polar surface area (TPSA) is 107 Å². The van der Waals surface area contributed by atoms with Gasteiger partial charge in [-0.2, -0.15) is 5.26 Å². The minimum absolute atomic E-state index is 0.239. The van der Waals surface area contributed by atoms with E-state index in [9.17, 15) is 13.2 Å². The maximum absolute atomic E-state index is 11.3. The lowest BCUT2D eigenvalue weighted by Crippen LogP contribution is -2.41. The number of aliphatic carboxylic acids is 1. The zero-order valence-corrected chi connectivity index (χ0v) is 9.63. The number of carboxylic acids is 1. The Hall–Kier alpha value is -1.13. The van der Waals surface area contributed by atoms with Crippen LogP contribution in [0.5, 0.6) is 0 Å². The number of carbonyl (C=O) groups is 1. The molecule has 0 radical (unpaired) electrons. The highest BCUT2D eigenvalue weighted by atomic mass is 32.2. The van der Waals surface area contributed by atoms with Crippen molar-refractivity contribution in [2.24, 2.45) is 5.41 Å². The van der Waals surface area contributed by atoms with Crippen molar-refractivity contribution in [2.75, 3.05) is 6.54 Å². The van der Waals surface area contributed by atoms with Gasteiger partial charge in [0, 0.05) is 6.54 Å². The van der Waals surface area contributed by atoms with Crippen LogP contribution in [0, 0.1) is 16.7 Å². The first-order valence-electron chi connectivity index (χ1n) is 4.25. The maximum Gasteiger partial charge on any atom is 0.310 e. The van der Waals surface area contributed by atoms with E-state index in [-0.39, 0.29) is 6.54 Å². The molecule has 0 aliphatic carbocycles. The standard InChI is InChI=1S/C8H14N2O4S/c1-6(4-9)15(13,14)10-5-8(2,3)7(11)12/h6,10H,5H2,1-3H3,(H,11,12). The van der Waals surface area contributed by atoms with Crippen LogP contribution in [0.4, 0.5) is 0 Å². The zero-order valence-electron chi connectivity index (χ0n) is 8.81. The average molecular weight is 234 g/mol. The summed E-state index contributed by atoms with van der Waals surface area (Å²) in [6, 6.07) is 1.57. The lowest BCUT2D eigenvalue weighted by Gasteiger charge is -2.19. The third-order valence-corrected chi connectivity index (χ3v) is 3.52. The molecule has 6 nitrogen and oxygen atoms in total. The van der Waals surface area contributed by atoms with E-state index in [1.807, 2.05) is 0 Å². The number of nitriles is 1. The normalized spacial score (nSPS) is 14.3. The fraction of sp³-hybridized carbons (Fsp3) is 0.750. The van der Waals surface area contributed by atoms with Gasteiger partial charge in [0.1, 0.15) is 0 Å². The van der Waals surface area contributed by atoms with E-state index >= 15 is 0 Å². The van der Waals surface area contributed by atoms with Gasteiger partial charge in [-0.15, -0.1) is 0 Å². The molecular weight excluding hydrogens is 220 g/mol. The number of nitrogens with one attached hydrogen (secondary N) is 1. The predicted octanol–water partition coefficient (Wildman–Crippen LogP) is -0.0713. The molecule has 0 aliphatic rings. The van der Waals surface area contributed by atoms with Gasteiger partial charge >= 0.3 is 5.97 Å². The van der Waals surface area contributed by atoms with E-state index in [2.05, 4.69) is 4.72 Å². The molecule has 0 spiro atoms. The van der Waals surface area contributed by atoms with Gasteiger partial charge in [0.25, 0.3) is 0 Å². The van der Waals surface area contributed by atoms with Gasteiger partial charge in [-0.05, 0) is 20.8 Å². The van der Waals surface area contributed by atoms with Gasteiger partial charge in [0.05, 0.1) is 11.5 Å². The molecule has 2 N–H and O–H groups in total. The van der Waals surface area contributed by atoms with Crippen molar-refractivity contribution < 1.29 is 18.3 Å². The molecule has 0 heterocycles. The smallest absolute Gasteiger partial charge is 0.310 e. The van der Waals surface area contributed by atoms with Crippen LogP contribution in [0.1, 0.15) is 20.8 Å². The Morgan fingerprint density at radius 3 is 2.40 bits per heavy atom. The summed E-state index contributed by atoms with van der Waals surface area (Å²) in [6.07, 6.45) is 0. The van der Waals surface area contributed by atoms with Crippen LogP contribution in [-0.4, -0.2) is 31.3 Å². The number of rotatable bonds is 5. The van der Waals surface area contributed by atoms with Crippen LogP contribution in [0.2, 0.25) is 0 Å². The average Bonchev–Trinajstić information content (AvgIpc) is 2.13. The van der Waals surface area contributed by atoms with Crippen molar-refractivity contribution in [3.63, 3.8) is 0 Å². The number of nitrogens with zero attached hydrogens (tertiary/aromatic N) is 1. The van der Waals surface area contributed by atoms with E-state index in [1.54, 1.807) is 6.07 Å². The van der Waals surface area contributed by atoms with Gasteiger partial charge in [-0.1, -0.05) is 0 Å². The molecule has 7 heteroatoms. The first-order valence-corrected chi connectivity index (χ1v) is 5.79.